The molecule has 2 fully saturated rings. The number of rotatable bonds is 5. The van der Waals surface area contributed by atoms with E-state index in [1.807, 2.05) is 36.4 Å². The molecule has 0 unspecified atom stereocenters. The fraction of sp³-hybridized carbons (Fsp3) is 0.214. The first-order chi connectivity index (χ1) is 18.1. The molecule has 6 nitrogen and oxygen atoms in total. The van der Waals surface area contributed by atoms with Crippen molar-refractivity contribution >= 4 is 51.9 Å². The number of benzene rings is 2. The van der Waals surface area contributed by atoms with E-state index in [1.54, 1.807) is 18.3 Å². The predicted octanol–water partition coefficient (Wildman–Crippen LogP) is 6.66. The summed E-state index contributed by atoms with van der Waals surface area (Å²) in [6.07, 6.45) is 1.79. The van der Waals surface area contributed by atoms with Gasteiger partial charge in [-0.15, -0.1) is 0 Å². The molecule has 0 spiro atoms. The Morgan fingerprint density at radius 3 is 2.43 bits per heavy atom. The molecular formula is C28H24Cl2N4O2S. The third-order valence-electron chi connectivity index (χ3n) is 6.72. The van der Waals surface area contributed by atoms with Crippen LogP contribution in [0, 0.1) is 0 Å². The van der Waals surface area contributed by atoms with E-state index >= 15 is 0 Å². The highest BCUT2D eigenvalue weighted by Crippen LogP contribution is 2.44. The zero-order chi connectivity index (χ0) is 25.4. The quantitative estimate of drug-likeness (QED) is 0.279. The van der Waals surface area contributed by atoms with Crippen molar-refractivity contribution in [2.75, 3.05) is 36.1 Å². The third-order valence-corrected chi connectivity index (χ3v) is 7.58. The van der Waals surface area contributed by atoms with Crippen molar-refractivity contribution in [3.63, 3.8) is 0 Å². The van der Waals surface area contributed by atoms with Crippen molar-refractivity contribution < 1.29 is 9.15 Å². The second-order valence-corrected chi connectivity index (χ2v) is 10.2. The summed E-state index contributed by atoms with van der Waals surface area (Å²) < 4.78 is 11.9. The summed E-state index contributed by atoms with van der Waals surface area (Å²) in [6, 6.07) is 23.2. The van der Waals surface area contributed by atoms with E-state index in [-0.39, 0.29) is 12.1 Å². The lowest BCUT2D eigenvalue weighted by atomic mass is 10.0. The van der Waals surface area contributed by atoms with Crippen molar-refractivity contribution in [2.45, 2.75) is 12.1 Å². The van der Waals surface area contributed by atoms with E-state index in [1.165, 1.54) is 5.69 Å². The number of anilines is 2. The van der Waals surface area contributed by atoms with Crippen LogP contribution in [0.25, 0.3) is 11.3 Å². The molecule has 0 amide bonds. The Morgan fingerprint density at radius 2 is 1.70 bits per heavy atom. The largest absolute Gasteiger partial charge is 0.459 e. The standard InChI is InChI=1S/C28H24Cl2N4O2S/c29-18-4-9-21(22(30)17-18)24-10-11-25(36-24)27-26(23-3-1-2-12-31-23)32-28(37)34(27)20-7-5-19(6-8-20)33-13-15-35-16-14-33/h1-12,17,26-27H,13-16H2,(H,32,37)/t26-,27-/m0/s1. The summed E-state index contributed by atoms with van der Waals surface area (Å²) >= 11 is 18.4. The van der Waals surface area contributed by atoms with Crippen molar-refractivity contribution in [1.82, 2.24) is 10.3 Å². The molecule has 4 aromatic rings. The van der Waals surface area contributed by atoms with Crippen LogP contribution < -0.4 is 15.1 Å². The number of nitrogens with zero attached hydrogens (tertiary/aromatic N) is 3. The van der Waals surface area contributed by atoms with E-state index < -0.39 is 0 Å². The molecule has 9 heteroatoms. The number of morpholine rings is 1. The number of hydrogen-bond donors (Lipinski definition) is 1. The minimum absolute atomic E-state index is 0.202. The molecule has 0 aliphatic carbocycles. The van der Waals surface area contributed by atoms with Gasteiger partial charge in [0.05, 0.1) is 30.0 Å². The lowest BCUT2D eigenvalue weighted by molar-refractivity contribution is 0.122. The van der Waals surface area contributed by atoms with Crippen LogP contribution in [-0.2, 0) is 4.74 Å². The van der Waals surface area contributed by atoms with Gasteiger partial charge in [0, 0.05) is 41.2 Å². The van der Waals surface area contributed by atoms with Gasteiger partial charge in [-0.3, -0.25) is 4.98 Å². The zero-order valence-electron chi connectivity index (χ0n) is 19.8. The van der Waals surface area contributed by atoms with Crippen molar-refractivity contribution in [1.29, 1.82) is 0 Å². The van der Waals surface area contributed by atoms with Crippen LogP contribution in [0.4, 0.5) is 11.4 Å². The first-order valence-electron chi connectivity index (χ1n) is 12.1. The molecule has 0 bridgehead atoms. The van der Waals surface area contributed by atoms with Gasteiger partial charge in [-0.2, -0.15) is 0 Å². The van der Waals surface area contributed by atoms with Gasteiger partial charge < -0.3 is 24.3 Å². The molecular weight excluding hydrogens is 527 g/mol. The van der Waals surface area contributed by atoms with E-state index in [0.717, 1.165) is 49.0 Å². The summed E-state index contributed by atoms with van der Waals surface area (Å²) in [4.78, 5) is 9.05. The molecule has 6 rings (SSSR count). The topological polar surface area (TPSA) is 53.8 Å². The van der Waals surface area contributed by atoms with Gasteiger partial charge in [-0.05, 0) is 78.9 Å². The first kappa shape index (κ1) is 24.2. The number of ether oxygens (including phenoxy) is 1. The van der Waals surface area contributed by atoms with Crippen LogP contribution in [0.2, 0.25) is 10.0 Å². The second-order valence-electron chi connectivity index (χ2n) is 8.94. The molecule has 2 aliphatic heterocycles. The zero-order valence-corrected chi connectivity index (χ0v) is 22.1. The first-order valence-corrected chi connectivity index (χ1v) is 13.2. The lowest BCUT2D eigenvalue weighted by Crippen LogP contribution is -2.36. The van der Waals surface area contributed by atoms with E-state index in [2.05, 4.69) is 44.4 Å². The van der Waals surface area contributed by atoms with Gasteiger partial charge in [0.2, 0.25) is 0 Å². The average Bonchev–Trinajstić information content (AvgIpc) is 3.54. The summed E-state index contributed by atoms with van der Waals surface area (Å²) in [5, 5.41) is 5.20. The van der Waals surface area contributed by atoms with E-state index in [0.29, 0.717) is 20.9 Å². The molecule has 2 saturated heterocycles. The van der Waals surface area contributed by atoms with Gasteiger partial charge in [0.1, 0.15) is 17.6 Å². The Morgan fingerprint density at radius 1 is 0.919 bits per heavy atom. The summed E-state index contributed by atoms with van der Waals surface area (Å²) in [7, 11) is 0. The molecule has 2 atom stereocenters. The van der Waals surface area contributed by atoms with Crippen molar-refractivity contribution in [3.8, 4) is 11.3 Å². The molecule has 2 aliphatic rings. The lowest BCUT2D eigenvalue weighted by Gasteiger charge is -2.30. The van der Waals surface area contributed by atoms with Crippen LogP contribution in [-0.4, -0.2) is 36.4 Å². The maximum absolute atomic E-state index is 6.47. The fourth-order valence-electron chi connectivity index (χ4n) is 4.91. The van der Waals surface area contributed by atoms with Gasteiger partial charge >= 0.3 is 0 Å². The van der Waals surface area contributed by atoms with Crippen LogP contribution in [0.15, 0.2) is 83.4 Å². The molecule has 188 valence electrons. The fourth-order valence-corrected chi connectivity index (χ4v) is 5.76. The van der Waals surface area contributed by atoms with Gasteiger partial charge in [-0.25, -0.2) is 0 Å². The summed E-state index contributed by atoms with van der Waals surface area (Å²) in [6.45, 7) is 3.26. The van der Waals surface area contributed by atoms with Crippen LogP contribution in [0.5, 0.6) is 0 Å². The molecule has 2 aromatic carbocycles. The minimum Gasteiger partial charge on any atom is -0.459 e. The number of nitrogens with one attached hydrogen (secondary N) is 1. The highest BCUT2D eigenvalue weighted by atomic mass is 35.5. The second kappa shape index (κ2) is 10.3. The molecule has 0 radical (unpaired) electrons. The molecule has 1 N–H and O–H groups in total. The van der Waals surface area contributed by atoms with E-state index in [9.17, 15) is 0 Å². The van der Waals surface area contributed by atoms with Crippen LogP contribution in [0.1, 0.15) is 23.5 Å². The highest BCUT2D eigenvalue weighted by Gasteiger charge is 2.42. The summed E-state index contributed by atoms with van der Waals surface area (Å²) in [5.41, 5.74) is 3.80. The number of thiocarbonyl (C=S) groups is 1. The predicted molar refractivity (Wildman–Crippen MR) is 152 cm³/mol. The Hall–Kier alpha value is -3.10. The maximum Gasteiger partial charge on any atom is 0.174 e. The van der Waals surface area contributed by atoms with Gasteiger partial charge in [-0.1, -0.05) is 29.3 Å². The van der Waals surface area contributed by atoms with Crippen LogP contribution in [0.3, 0.4) is 0 Å². The van der Waals surface area contributed by atoms with Gasteiger partial charge in [0.15, 0.2) is 5.11 Å². The monoisotopic (exact) mass is 550 g/mol. The number of halogens is 2. The van der Waals surface area contributed by atoms with E-state index in [4.69, 9.17) is 44.6 Å². The minimum atomic E-state index is -0.253. The van der Waals surface area contributed by atoms with Gasteiger partial charge in [0.25, 0.3) is 0 Å². The Labute approximate surface area is 230 Å². The van der Waals surface area contributed by atoms with Crippen molar-refractivity contribution in [3.05, 3.63) is 100 Å². The highest BCUT2D eigenvalue weighted by molar-refractivity contribution is 7.80. The molecule has 4 heterocycles. The average molecular weight is 551 g/mol. The maximum atomic E-state index is 6.47. The SMILES string of the molecule is S=C1N[C@@H](c2ccccn2)[C@H](c2ccc(-c3ccc(Cl)cc3Cl)o2)N1c1ccc(N2CCOCC2)cc1. The smallest absolute Gasteiger partial charge is 0.174 e. The molecule has 0 saturated carbocycles. The van der Waals surface area contributed by atoms with Crippen molar-refractivity contribution in [2.24, 2.45) is 0 Å². The Kier molecular flexibility index (Phi) is 6.78. The molecule has 2 aromatic heterocycles. The Balaban J connectivity index is 1.38. The normalized spacial score (nSPS) is 19.8. The number of furan rings is 1. The number of hydrogen-bond acceptors (Lipinski definition) is 5. The number of aromatic nitrogens is 1. The van der Waals surface area contributed by atoms with Crippen LogP contribution >= 0.6 is 35.4 Å². The summed E-state index contributed by atoms with van der Waals surface area (Å²) in [5.74, 6) is 1.41. The third kappa shape index (κ3) is 4.80. The Bertz CT molecular complexity index is 1410. The molecule has 37 heavy (non-hydrogen) atoms. The number of pyridine rings is 1.